The van der Waals surface area contributed by atoms with E-state index in [9.17, 15) is 4.79 Å². The molecule has 1 fully saturated rings. The third kappa shape index (κ3) is 3.99. The van der Waals surface area contributed by atoms with Crippen molar-refractivity contribution in [1.82, 2.24) is 4.90 Å². The molecule has 1 amide bonds. The van der Waals surface area contributed by atoms with Crippen molar-refractivity contribution in [3.63, 3.8) is 0 Å². The van der Waals surface area contributed by atoms with Crippen LogP contribution in [0.15, 0.2) is 28.7 Å². The van der Waals surface area contributed by atoms with Gasteiger partial charge in [-0.3, -0.25) is 4.79 Å². The standard InChI is InChI=1S/C16H23BrN2O.ClH/c1-11(2)12-8-9-19(10-12)15(20)16(3,18)13-4-6-14(17)7-5-13;/h4-7,11-12H,8-10,18H2,1-3H3;1H. The molecular weight excluding hydrogens is 352 g/mol. The topological polar surface area (TPSA) is 46.3 Å². The lowest BCUT2D eigenvalue weighted by molar-refractivity contribution is -0.135. The van der Waals surface area contributed by atoms with Crippen molar-refractivity contribution in [1.29, 1.82) is 0 Å². The maximum atomic E-state index is 12.7. The van der Waals surface area contributed by atoms with Crippen molar-refractivity contribution in [3.8, 4) is 0 Å². The lowest BCUT2D eigenvalue weighted by Crippen LogP contribution is -2.50. The number of benzene rings is 1. The summed E-state index contributed by atoms with van der Waals surface area (Å²) in [5.41, 5.74) is 6.23. The van der Waals surface area contributed by atoms with Gasteiger partial charge in [0.2, 0.25) is 5.91 Å². The van der Waals surface area contributed by atoms with Gasteiger partial charge in [-0.25, -0.2) is 0 Å². The summed E-state index contributed by atoms with van der Waals surface area (Å²) in [6.45, 7) is 7.90. The van der Waals surface area contributed by atoms with Crippen LogP contribution in [0.2, 0.25) is 0 Å². The second-order valence-electron chi connectivity index (χ2n) is 6.25. The quantitative estimate of drug-likeness (QED) is 0.878. The molecule has 118 valence electrons. The number of halogens is 2. The largest absolute Gasteiger partial charge is 0.341 e. The molecule has 1 aliphatic heterocycles. The fourth-order valence-corrected chi connectivity index (χ4v) is 3.03. The molecule has 0 radical (unpaired) electrons. The Hall–Kier alpha value is -0.580. The molecule has 1 aromatic carbocycles. The molecule has 3 nitrogen and oxygen atoms in total. The second kappa shape index (κ2) is 7.12. The van der Waals surface area contributed by atoms with Crippen molar-refractivity contribution in [2.75, 3.05) is 13.1 Å². The number of nitrogens with two attached hydrogens (primary N) is 1. The minimum Gasteiger partial charge on any atom is -0.341 e. The predicted octanol–water partition coefficient (Wildman–Crippen LogP) is 3.55. The summed E-state index contributed by atoms with van der Waals surface area (Å²) in [7, 11) is 0. The predicted molar refractivity (Wildman–Crippen MR) is 92.5 cm³/mol. The third-order valence-electron chi connectivity index (χ3n) is 4.34. The molecule has 0 aliphatic carbocycles. The highest BCUT2D eigenvalue weighted by atomic mass is 79.9. The lowest BCUT2D eigenvalue weighted by Gasteiger charge is -2.30. The van der Waals surface area contributed by atoms with E-state index in [1.54, 1.807) is 6.92 Å². The van der Waals surface area contributed by atoms with Crippen LogP contribution in [0.1, 0.15) is 32.8 Å². The zero-order chi connectivity index (χ0) is 14.9. The highest BCUT2D eigenvalue weighted by molar-refractivity contribution is 9.10. The molecule has 2 atom stereocenters. The first-order chi connectivity index (χ1) is 9.32. The average Bonchev–Trinajstić information content (AvgIpc) is 2.88. The van der Waals surface area contributed by atoms with E-state index in [1.807, 2.05) is 29.2 Å². The maximum absolute atomic E-state index is 12.7. The SMILES string of the molecule is CC(C)C1CCN(C(=O)C(C)(N)c2ccc(Br)cc2)C1.Cl. The van der Waals surface area contributed by atoms with Crippen molar-refractivity contribution in [2.45, 2.75) is 32.7 Å². The van der Waals surface area contributed by atoms with Crippen molar-refractivity contribution in [3.05, 3.63) is 34.3 Å². The Kier molecular flexibility index (Phi) is 6.26. The molecule has 1 saturated heterocycles. The molecule has 21 heavy (non-hydrogen) atoms. The van der Waals surface area contributed by atoms with Gasteiger partial charge in [-0.05, 0) is 42.9 Å². The minimum atomic E-state index is -0.952. The number of hydrogen-bond acceptors (Lipinski definition) is 2. The summed E-state index contributed by atoms with van der Waals surface area (Å²) < 4.78 is 0.991. The zero-order valence-electron chi connectivity index (χ0n) is 12.8. The molecule has 2 unspecified atom stereocenters. The zero-order valence-corrected chi connectivity index (χ0v) is 15.2. The Labute approximate surface area is 141 Å². The van der Waals surface area contributed by atoms with Crippen LogP contribution in [0.3, 0.4) is 0 Å². The van der Waals surface area contributed by atoms with Gasteiger partial charge in [0.1, 0.15) is 5.54 Å². The summed E-state index contributed by atoms with van der Waals surface area (Å²) >= 11 is 3.40. The summed E-state index contributed by atoms with van der Waals surface area (Å²) in [6, 6.07) is 7.68. The second-order valence-corrected chi connectivity index (χ2v) is 7.17. The first-order valence-corrected chi connectivity index (χ1v) is 7.96. The number of carbonyl (C=O) groups excluding carboxylic acids is 1. The molecule has 2 rings (SSSR count). The van der Waals surface area contributed by atoms with Crippen molar-refractivity contribution >= 4 is 34.2 Å². The summed E-state index contributed by atoms with van der Waals surface area (Å²) in [5.74, 6) is 1.24. The average molecular weight is 376 g/mol. The fraction of sp³-hybridized carbons (Fsp3) is 0.562. The summed E-state index contributed by atoms with van der Waals surface area (Å²) in [6.07, 6.45) is 1.08. The van der Waals surface area contributed by atoms with Gasteiger partial charge in [-0.15, -0.1) is 12.4 Å². The Balaban J connectivity index is 0.00000220. The van der Waals surface area contributed by atoms with Crippen LogP contribution in [-0.4, -0.2) is 23.9 Å². The van der Waals surface area contributed by atoms with E-state index in [2.05, 4.69) is 29.8 Å². The van der Waals surface area contributed by atoms with Crippen LogP contribution < -0.4 is 5.73 Å². The third-order valence-corrected chi connectivity index (χ3v) is 4.87. The smallest absolute Gasteiger partial charge is 0.246 e. The molecule has 1 aromatic rings. The van der Waals surface area contributed by atoms with Gasteiger partial charge in [0.15, 0.2) is 0 Å². The van der Waals surface area contributed by atoms with Crippen molar-refractivity contribution in [2.24, 2.45) is 17.6 Å². The van der Waals surface area contributed by atoms with Crippen LogP contribution in [0.4, 0.5) is 0 Å². The molecule has 0 bridgehead atoms. The van der Waals surface area contributed by atoms with Gasteiger partial charge in [-0.2, -0.15) is 0 Å². The van der Waals surface area contributed by atoms with Gasteiger partial charge in [-0.1, -0.05) is 41.9 Å². The monoisotopic (exact) mass is 374 g/mol. The molecular formula is C16H24BrClN2O. The fourth-order valence-electron chi connectivity index (χ4n) is 2.76. The number of hydrogen-bond donors (Lipinski definition) is 1. The van der Waals surface area contributed by atoms with Gasteiger partial charge >= 0.3 is 0 Å². The maximum Gasteiger partial charge on any atom is 0.246 e. The van der Waals surface area contributed by atoms with Gasteiger partial charge in [0.05, 0.1) is 0 Å². The van der Waals surface area contributed by atoms with Crippen LogP contribution >= 0.6 is 28.3 Å². The minimum absolute atomic E-state index is 0. The first kappa shape index (κ1) is 18.5. The number of rotatable bonds is 3. The highest BCUT2D eigenvalue weighted by Crippen LogP contribution is 2.28. The molecule has 5 heteroatoms. The first-order valence-electron chi connectivity index (χ1n) is 7.16. The summed E-state index contributed by atoms with van der Waals surface area (Å²) in [5, 5.41) is 0. The van der Waals surface area contributed by atoms with Crippen LogP contribution in [0.25, 0.3) is 0 Å². The Morgan fingerprint density at radius 2 is 1.95 bits per heavy atom. The molecule has 1 heterocycles. The Morgan fingerprint density at radius 3 is 2.43 bits per heavy atom. The Bertz CT molecular complexity index is 488. The molecule has 2 N–H and O–H groups in total. The number of carbonyl (C=O) groups is 1. The van der Waals surface area contributed by atoms with E-state index >= 15 is 0 Å². The van der Waals surface area contributed by atoms with Gasteiger partial charge in [0.25, 0.3) is 0 Å². The lowest BCUT2D eigenvalue weighted by atomic mass is 9.91. The molecule has 0 aromatic heterocycles. The molecule has 1 aliphatic rings. The van der Waals surface area contributed by atoms with E-state index < -0.39 is 5.54 Å². The highest BCUT2D eigenvalue weighted by Gasteiger charge is 2.38. The number of amides is 1. The Morgan fingerprint density at radius 1 is 1.38 bits per heavy atom. The van der Waals surface area contributed by atoms with Crippen LogP contribution in [-0.2, 0) is 10.3 Å². The number of likely N-dealkylation sites (tertiary alicyclic amines) is 1. The molecule has 0 spiro atoms. The van der Waals surface area contributed by atoms with Crippen LogP contribution in [0, 0.1) is 11.8 Å². The van der Waals surface area contributed by atoms with E-state index in [-0.39, 0.29) is 18.3 Å². The van der Waals surface area contributed by atoms with Gasteiger partial charge < -0.3 is 10.6 Å². The molecule has 0 saturated carbocycles. The van der Waals surface area contributed by atoms with E-state index in [4.69, 9.17) is 5.73 Å². The van der Waals surface area contributed by atoms with E-state index in [1.165, 1.54) is 0 Å². The van der Waals surface area contributed by atoms with E-state index in [0.717, 1.165) is 29.5 Å². The summed E-state index contributed by atoms with van der Waals surface area (Å²) in [4.78, 5) is 14.6. The van der Waals surface area contributed by atoms with E-state index in [0.29, 0.717) is 11.8 Å². The van der Waals surface area contributed by atoms with Crippen molar-refractivity contribution < 1.29 is 4.79 Å². The normalized spacial score (nSPS) is 21.0. The van der Waals surface area contributed by atoms with Crippen LogP contribution in [0.5, 0.6) is 0 Å². The van der Waals surface area contributed by atoms with Gasteiger partial charge in [0, 0.05) is 17.6 Å². The number of nitrogens with zero attached hydrogens (tertiary/aromatic N) is 1.